The second-order valence-electron chi connectivity index (χ2n) is 9.69. The molecule has 1 unspecified atom stereocenters. The first kappa shape index (κ1) is 25.4. The fraction of sp³-hybridized carbons (Fsp3) is 0.464. The molecular formula is C28H34N4O5. The van der Waals surface area contributed by atoms with Crippen LogP contribution in [-0.2, 0) is 25.4 Å². The Kier molecular flexibility index (Phi) is 8.13. The Bertz CT molecular complexity index is 1240. The van der Waals surface area contributed by atoms with Gasteiger partial charge in [0.1, 0.15) is 5.75 Å². The molecule has 4 heterocycles. The van der Waals surface area contributed by atoms with Gasteiger partial charge in [0.2, 0.25) is 5.91 Å². The van der Waals surface area contributed by atoms with Crippen molar-refractivity contribution in [2.24, 2.45) is 0 Å². The number of para-hydroxylation sites is 1. The maximum atomic E-state index is 12.0. The zero-order valence-electron chi connectivity index (χ0n) is 20.9. The third kappa shape index (κ3) is 6.01. The summed E-state index contributed by atoms with van der Waals surface area (Å²) in [6, 6.07) is 9.05. The number of aryl methyl sites for hydroxylation is 1. The minimum atomic E-state index is -0.197. The Balaban J connectivity index is 1.45. The monoisotopic (exact) mass is 506 g/mol. The average Bonchev–Trinajstić information content (AvgIpc) is 3.49. The molecule has 2 aromatic heterocycles. The molecule has 2 saturated heterocycles. The van der Waals surface area contributed by atoms with Gasteiger partial charge < -0.3 is 29.6 Å². The number of ether oxygens (including phenoxy) is 3. The molecule has 2 aliphatic rings. The highest BCUT2D eigenvalue weighted by Crippen LogP contribution is 2.36. The highest BCUT2D eigenvalue weighted by molar-refractivity contribution is 5.87. The lowest BCUT2D eigenvalue weighted by molar-refractivity contribution is -0.117. The number of amides is 1. The highest BCUT2D eigenvalue weighted by atomic mass is 16.5. The molecule has 37 heavy (non-hydrogen) atoms. The van der Waals surface area contributed by atoms with Gasteiger partial charge >= 0.3 is 0 Å². The Labute approximate surface area is 216 Å². The minimum Gasteiger partial charge on any atom is -0.507 e. The van der Waals surface area contributed by atoms with E-state index in [2.05, 4.69) is 27.1 Å². The van der Waals surface area contributed by atoms with Crippen LogP contribution in [0.2, 0.25) is 0 Å². The van der Waals surface area contributed by atoms with Crippen LogP contribution in [-0.4, -0.2) is 71.4 Å². The molecule has 3 aromatic rings. The van der Waals surface area contributed by atoms with Crippen LogP contribution in [0, 0.1) is 0 Å². The molecule has 2 aliphatic heterocycles. The van der Waals surface area contributed by atoms with Crippen molar-refractivity contribution in [1.29, 1.82) is 0 Å². The first-order chi connectivity index (χ1) is 18.1. The van der Waals surface area contributed by atoms with E-state index in [1.165, 1.54) is 11.6 Å². The summed E-state index contributed by atoms with van der Waals surface area (Å²) in [5, 5.41) is 23.3. The number of H-pyrrole nitrogens is 1. The van der Waals surface area contributed by atoms with Crippen molar-refractivity contribution < 1.29 is 24.1 Å². The number of phenolic OH excluding ortho intramolecular Hbond substituents is 1. The van der Waals surface area contributed by atoms with Crippen LogP contribution in [0.4, 0.5) is 0 Å². The average molecular weight is 507 g/mol. The van der Waals surface area contributed by atoms with E-state index in [1.807, 2.05) is 18.2 Å². The van der Waals surface area contributed by atoms with Crippen LogP contribution >= 0.6 is 0 Å². The largest absolute Gasteiger partial charge is 0.507 e. The number of aromatic nitrogens is 3. The van der Waals surface area contributed by atoms with Crippen LogP contribution in [0.3, 0.4) is 0 Å². The zero-order valence-corrected chi connectivity index (χ0v) is 20.9. The maximum Gasteiger partial charge on any atom is 0.243 e. The van der Waals surface area contributed by atoms with Gasteiger partial charge in [-0.3, -0.25) is 4.79 Å². The fourth-order valence-electron chi connectivity index (χ4n) is 5.25. The molecule has 0 bridgehead atoms. The van der Waals surface area contributed by atoms with Gasteiger partial charge in [0.05, 0.1) is 31.1 Å². The molecule has 0 saturated carbocycles. The van der Waals surface area contributed by atoms with Crippen LogP contribution < -0.4 is 5.32 Å². The van der Waals surface area contributed by atoms with Crippen molar-refractivity contribution in [2.75, 3.05) is 33.0 Å². The molecule has 1 amide bonds. The van der Waals surface area contributed by atoms with Crippen molar-refractivity contribution >= 4 is 16.9 Å². The van der Waals surface area contributed by atoms with Gasteiger partial charge in [-0.25, -0.2) is 0 Å². The van der Waals surface area contributed by atoms with E-state index in [4.69, 9.17) is 14.2 Å². The van der Waals surface area contributed by atoms with Crippen molar-refractivity contribution in [3.8, 4) is 17.0 Å². The molecule has 0 radical (unpaired) electrons. The number of benzene rings is 1. The van der Waals surface area contributed by atoms with Gasteiger partial charge in [-0.15, -0.1) is 10.2 Å². The summed E-state index contributed by atoms with van der Waals surface area (Å²) in [6.45, 7) is 6.73. The predicted octanol–water partition coefficient (Wildman–Crippen LogP) is 3.63. The van der Waals surface area contributed by atoms with E-state index in [-0.39, 0.29) is 29.7 Å². The molecule has 3 atom stereocenters. The predicted molar refractivity (Wildman–Crippen MR) is 139 cm³/mol. The second-order valence-corrected chi connectivity index (χ2v) is 9.69. The Hall–Kier alpha value is -3.27. The molecule has 1 aromatic carbocycles. The summed E-state index contributed by atoms with van der Waals surface area (Å²) in [4.78, 5) is 15.5. The molecule has 0 spiro atoms. The van der Waals surface area contributed by atoms with Gasteiger partial charge in [-0.2, -0.15) is 0 Å². The molecule has 196 valence electrons. The molecule has 3 N–H and O–H groups in total. The molecule has 0 aliphatic carbocycles. The number of carbonyl (C=O) groups is 1. The Morgan fingerprint density at radius 2 is 2.05 bits per heavy atom. The third-order valence-electron chi connectivity index (χ3n) is 7.13. The van der Waals surface area contributed by atoms with Gasteiger partial charge in [-0.1, -0.05) is 18.7 Å². The number of nitrogens with zero attached hydrogens (tertiary/aromatic N) is 2. The first-order valence-electron chi connectivity index (χ1n) is 13.0. The Morgan fingerprint density at radius 3 is 2.86 bits per heavy atom. The van der Waals surface area contributed by atoms with E-state index in [0.29, 0.717) is 43.3 Å². The Morgan fingerprint density at radius 1 is 1.22 bits per heavy atom. The summed E-state index contributed by atoms with van der Waals surface area (Å²) in [7, 11) is 0. The SMILES string of the molecule is C=CC(=O)N[C@@H]1COCC[C@H](c2[nH]c3nnc(-c4ccccc4O)cc3c2CCCOC2CCOC2)C1. The van der Waals surface area contributed by atoms with E-state index in [0.717, 1.165) is 49.8 Å². The third-order valence-corrected chi connectivity index (χ3v) is 7.13. The number of carbonyl (C=O) groups excluding carboxylic acids is 1. The van der Waals surface area contributed by atoms with Gasteiger partial charge in [0.15, 0.2) is 5.65 Å². The topological polar surface area (TPSA) is 119 Å². The number of rotatable bonds is 9. The number of hydrogen-bond acceptors (Lipinski definition) is 7. The lowest BCUT2D eigenvalue weighted by Gasteiger charge is -2.20. The molecule has 9 heteroatoms. The summed E-state index contributed by atoms with van der Waals surface area (Å²) in [5.41, 5.74) is 4.26. The normalized spacial score (nSPS) is 22.1. The number of aromatic amines is 1. The summed E-state index contributed by atoms with van der Waals surface area (Å²) < 4.78 is 17.3. The van der Waals surface area contributed by atoms with Crippen LogP contribution in [0.1, 0.15) is 42.9 Å². The number of aromatic hydroxyl groups is 1. The standard InChI is InChI=1S/C28H34N4O5/c1-2-26(34)29-19-14-18(9-12-35-16-19)27-21(7-5-11-37-20-10-13-36-17-20)23-15-24(31-32-28(23)30-27)22-6-3-4-8-25(22)33/h2-4,6,8,15,18-20,33H,1,5,7,9-14,16-17H2,(H,29,34)(H,30,32)/t18-,19-,20?/m0/s1. The van der Waals surface area contributed by atoms with Crippen LogP contribution in [0.5, 0.6) is 5.75 Å². The van der Waals surface area contributed by atoms with Crippen molar-refractivity contribution in [1.82, 2.24) is 20.5 Å². The number of hydrogen-bond donors (Lipinski definition) is 3. The van der Waals surface area contributed by atoms with Gasteiger partial charge in [0.25, 0.3) is 0 Å². The van der Waals surface area contributed by atoms with Gasteiger partial charge in [-0.05, 0) is 61.9 Å². The maximum absolute atomic E-state index is 12.0. The zero-order chi connectivity index (χ0) is 25.6. The highest BCUT2D eigenvalue weighted by Gasteiger charge is 2.27. The minimum absolute atomic E-state index is 0.106. The van der Waals surface area contributed by atoms with E-state index < -0.39 is 0 Å². The molecule has 5 rings (SSSR count). The lowest BCUT2D eigenvalue weighted by Crippen LogP contribution is -2.37. The number of fused-ring (bicyclic) bond motifs is 1. The van der Waals surface area contributed by atoms with Crippen molar-refractivity contribution in [3.05, 3.63) is 54.2 Å². The smallest absolute Gasteiger partial charge is 0.243 e. The first-order valence-corrected chi connectivity index (χ1v) is 13.0. The summed E-state index contributed by atoms with van der Waals surface area (Å²) >= 11 is 0. The summed E-state index contributed by atoms with van der Waals surface area (Å²) in [5.74, 6) is 0.124. The van der Waals surface area contributed by atoms with E-state index >= 15 is 0 Å². The van der Waals surface area contributed by atoms with E-state index in [9.17, 15) is 9.90 Å². The van der Waals surface area contributed by atoms with Crippen molar-refractivity contribution in [2.45, 2.75) is 50.2 Å². The summed E-state index contributed by atoms with van der Waals surface area (Å²) in [6.07, 6.45) is 5.64. The fourth-order valence-corrected chi connectivity index (χ4v) is 5.25. The molecule has 9 nitrogen and oxygen atoms in total. The number of nitrogens with one attached hydrogen (secondary N) is 2. The molecule has 2 fully saturated rings. The quantitative estimate of drug-likeness (QED) is 0.300. The lowest BCUT2D eigenvalue weighted by atomic mass is 9.90. The number of phenols is 1. The molecular weight excluding hydrogens is 472 g/mol. The van der Waals surface area contributed by atoms with Crippen molar-refractivity contribution in [3.63, 3.8) is 0 Å². The second kappa shape index (κ2) is 11.9. The van der Waals surface area contributed by atoms with E-state index in [1.54, 1.807) is 12.1 Å². The van der Waals surface area contributed by atoms with Crippen LogP contribution in [0.25, 0.3) is 22.3 Å². The van der Waals surface area contributed by atoms with Gasteiger partial charge in [0, 0.05) is 42.4 Å². The van der Waals surface area contributed by atoms with Crippen LogP contribution in [0.15, 0.2) is 43.0 Å².